The van der Waals surface area contributed by atoms with Crippen molar-refractivity contribution in [1.29, 1.82) is 0 Å². The third-order valence-electron chi connectivity index (χ3n) is 3.51. The summed E-state index contributed by atoms with van der Waals surface area (Å²) in [6, 6.07) is 12.9. The second-order valence-corrected chi connectivity index (χ2v) is 7.26. The molecule has 1 amide bonds. The molecule has 0 fully saturated rings. The molecule has 0 radical (unpaired) electrons. The van der Waals surface area contributed by atoms with Crippen LogP contribution in [-0.4, -0.2) is 20.9 Å². The fourth-order valence-corrected chi connectivity index (χ4v) is 3.54. The van der Waals surface area contributed by atoms with Crippen molar-refractivity contribution in [3.05, 3.63) is 54.1 Å². The second-order valence-electron chi connectivity index (χ2n) is 5.55. The molecule has 2 aromatic carbocycles. The van der Waals surface area contributed by atoms with Crippen LogP contribution in [0, 0.1) is 0 Å². The molecule has 0 spiro atoms. The summed E-state index contributed by atoms with van der Waals surface area (Å²) in [5.41, 5.74) is 1.38. The Balaban J connectivity index is 2.10. The number of amides is 1. The quantitative estimate of drug-likeness (QED) is 0.793. The van der Waals surface area contributed by atoms with Gasteiger partial charge in [-0.05, 0) is 55.8 Å². The summed E-state index contributed by atoms with van der Waals surface area (Å²) in [5, 5.41) is 2.60. The van der Waals surface area contributed by atoms with Crippen LogP contribution < -0.4 is 14.8 Å². The molecule has 0 saturated heterocycles. The lowest BCUT2D eigenvalue weighted by Crippen LogP contribution is -2.26. The van der Waals surface area contributed by atoms with Crippen molar-refractivity contribution in [2.24, 2.45) is 0 Å². The molecule has 1 atom stereocenters. The number of carbonyl (C=O) groups excluding carboxylic acids is 1. The van der Waals surface area contributed by atoms with Gasteiger partial charge in [-0.25, -0.2) is 13.1 Å². The van der Waals surface area contributed by atoms with Gasteiger partial charge in [-0.2, -0.15) is 0 Å². The van der Waals surface area contributed by atoms with E-state index in [-0.39, 0.29) is 10.8 Å². The molecule has 0 bridgehead atoms. The lowest BCUT2D eigenvalue weighted by atomic mass is 10.1. The van der Waals surface area contributed by atoms with E-state index in [1.807, 2.05) is 31.2 Å². The molecule has 134 valence electrons. The van der Waals surface area contributed by atoms with Gasteiger partial charge in [0.2, 0.25) is 15.9 Å². The molecule has 0 heterocycles. The number of carbonyl (C=O) groups is 1. The van der Waals surface area contributed by atoms with Crippen LogP contribution in [0.15, 0.2) is 53.4 Å². The van der Waals surface area contributed by atoms with Gasteiger partial charge >= 0.3 is 0 Å². The summed E-state index contributed by atoms with van der Waals surface area (Å²) in [5.74, 6) is 0.535. The van der Waals surface area contributed by atoms with E-state index in [1.165, 1.54) is 19.1 Å². The van der Waals surface area contributed by atoms with E-state index in [2.05, 4.69) is 10.0 Å². The molecule has 2 N–H and O–H groups in total. The van der Waals surface area contributed by atoms with E-state index in [0.29, 0.717) is 12.3 Å². The van der Waals surface area contributed by atoms with Gasteiger partial charge in [0, 0.05) is 18.7 Å². The predicted octanol–water partition coefficient (Wildman–Crippen LogP) is 3.08. The summed E-state index contributed by atoms with van der Waals surface area (Å²) < 4.78 is 33.0. The molecule has 0 unspecified atom stereocenters. The summed E-state index contributed by atoms with van der Waals surface area (Å²) in [4.78, 5) is 11.2. The molecule has 0 saturated carbocycles. The SMILES string of the molecule is CCOc1ccc([C@@H](C)NS(=O)(=O)c2ccc(NC(C)=O)cc2)cc1. The van der Waals surface area contributed by atoms with Crippen LogP contribution in [0.4, 0.5) is 5.69 Å². The van der Waals surface area contributed by atoms with Crippen molar-refractivity contribution in [3.63, 3.8) is 0 Å². The van der Waals surface area contributed by atoms with Crippen molar-refractivity contribution in [1.82, 2.24) is 4.72 Å². The molecular formula is C18H22N2O4S. The van der Waals surface area contributed by atoms with Crippen LogP contribution in [0.1, 0.15) is 32.4 Å². The highest BCUT2D eigenvalue weighted by atomic mass is 32.2. The van der Waals surface area contributed by atoms with E-state index >= 15 is 0 Å². The Hall–Kier alpha value is -2.38. The maximum Gasteiger partial charge on any atom is 0.241 e. The number of ether oxygens (including phenoxy) is 1. The summed E-state index contributed by atoms with van der Waals surface area (Å²) >= 11 is 0. The van der Waals surface area contributed by atoms with Crippen molar-refractivity contribution in [3.8, 4) is 5.75 Å². The average Bonchev–Trinajstić information content (AvgIpc) is 2.55. The molecule has 0 aliphatic rings. The highest BCUT2D eigenvalue weighted by Gasteiger charge is 2.18. The zero-order valence-corrected chi connectivity index (χ0v) is 15.3. The van der Waals surface area contributed by atoms with E-state index in [9.17, 15) is 13.2 Å². The molecule has 7 heteroatoms. The van der Waals surface area contributed by atoms with Gasteiger partial charge < -0.3 is 10.1 Å². The van der Waals surface area contributed by atoms with Gasteiger partial charge in [-0.1, -0.05) is 12.1 Å². The van der Waals surface area contributed by atoms with Crippen LogP contribution in [-0.2, 0) is 14.8 Å². The van der Waals surface area contributed by atoms with Gasteiger partial charge in [-0.15, -0.1) is 0 Å². The van der Waals surface area contributed by atoms with Gasteiger partial charge in [-0.3, -0.25) is 4.79 Å². The Labute approximate surface area is 148 Å². The minimum Gasteiger partial charge on any atom is -0.494 e. The third-order valence-corrected chi connectivity index (χ3v) is 5.06. The van der Waals surface area contributed by atoms with Crippen LogP contribution in [0.5, 0.6) is 5.75 Å². The smallest absolute Gasteiger partial charge is 0.241 e. The largest absolute Gasteiger partial charge is 0.494 e. The van der Waals surface area contributed by atoms with E-state index < -0.39 is 16.1 Å². The Morgan fingerprint density at radius 1 is 1.08 bits per heavy atom. The first kappa shape index (κ1) is 19.0. The Kier molecular flexibility index (Phi) is 6.17. The molecule has 25 heavy (non-hydrogen) atoms. The van der Waals surface area contributed by atoms with E-state index in [0.717, 1.165) is 11.3 Å². The first-order chi connectivity index (χ1) is 11.8. The molecule has 0 aromatic heterocycles. The van der Waals surface area contributed by atoms with E-state index in [1.54, 1.807) is 19.1 Å². The summed E-state index contributed by atoms with van der Waals surface area (Å²) in [6.07, 6.45) is 0. The van der Waals surface area contributed by atoms with Crippen LogP contribution in [0.2, 0.25) is 0 Å². The number of rotatable bonds is 7. The lowest BCUT2D eigenvalue weighted by Gasteiger charge is -2.15. The van der Waals surface area contributed by atoms with Gasteiger partial charge in [0.15, 0.2) is 0 Å². The topological polar surface area (TPSA) is 84.5 Å². The van der Waals surface area contributed by atoms with Crippen LogP contribution >= 0.6 is 0 Å². The fraction of sp³-hybridized carbons (Fsp3) is 0.278. The molecular weight excluding hydrogens is 340 g/mol. The van der Waals surface area contributed by atoms with Gasteiger partial charge in [0.25, 0.3) is 0 Å². The first-order valence-electron chi connectivity index (χ1n) is 7.94. The predicted molar refractivity (Wildman–Crippen MR) is 97.1 cm³/mol. The Morgan fingerprint density at radius 3 is 2.20 bits per heavy atom. The molecule has 0 aliphatic carbocycles. The highest BCUT2D eigenvalue weighted by molar-refractivity contribution is 7.89. The number of nitrogens with one attached hydrogen (secondary N) is 2. The third kappa shape index (κ3) is 5.30. The number of hydrogen-bond donors (Lipinski definition) is 2. The average molecular weight is 362 g/mol. The molecule has 2 aromatic rings. The minimum absolute atomic E-state index is 0.138. The highest BCUT2D eigenvalue weighted by Crippen LogP contribution is 2.21. The summed E-state index contributed by atoms with van der Waals surface area (Å²) in [7, 11) is -3.67. The molecule has 2 rings (SSSR count). The number of hydrogen-bond acceptors (Lipinski definition) is 4. The standard InChI is InChI=1S/C18H22N2O4S/c1-4-24-17-9-5-15(6-10-17)13(2)20-25(22,23)18-11-7-16(8-12-18)19-14(3)21/h5-13,20H,4H2,1-3H3,(H,19,21)/t13-/m1/s1. The van der Waals surface area contributed by atoms with Crippen molar-refractivity contribution < 1.29 is 17.9 Å². The van der Waals surface area contributed by atoms with Gasteiger partial charge in [0.05, 0.1) is 11.5 Å². The Morgan fingerprint density at radius 2 is 1.68 bits per heavy atom. The number of benzene rings is 2. The Bertz CT molecular complexity index is 815. The maximum atomic E-state index is 12.5. The molecule has 0 aliphatic heterocycles. The zero-order valence-electron chi connectivity index (χ0n) is 14.4. The van der Waals surface area contributed by atoms with E-state index in [4.69, 9.17) is 4.74 Å². The monoisotopic (exact) mass is 362 g/mol. The number of sulfonamides is 1. The van der Waals surface area contributed by atoms with Crippen molar-refractivity contribution >= 4 is 21.6 Å². The number of anilines is 1. The summed E-state index contributed by atoms with van der Waals surface area (Å²) in [6.45, 7) is 5.65. The van der Waals surface area contributed by atoms with Crippen molar-refractivity contribution in [2.45, 2.75) is 31.7 Å². The maximum absolute atomic E-state index is 12.5. The lowest BCUT2D eigenvalue weighted by molar-refractivity contribution is -0.114. The normalized spacial score (nSPS) is 12.4. The molecule has 6 nitrogen and oxygen atoms in total. The second kappa shape index (κ2) is 8.13. The zero-order chi connectivity index (χ0) is 18.4. The van der Waals surface area contributed by atoms with Crippen molar-refractivity contribution in [2.75, 3.05) is 11.9 Å². The minimum atomic E-state index is -3.67. The fourth-order valence-electron chi connectivity index (χ4n) is 2.31. The first-order valence-corrected chi connectivity index (χ1v) is 9.43. The van der Waals surface area contributed by atoms with Crippen LogP contribution in [0.25, 0.3) is 0 Å². The van der Waals surface area contributed by atoms with Gasteiger partial charge in [0.1, 0.15) is 5.75 Å². The van der Waals surface area contributed by atoms with Crippen LogP contribution in [0.3, 0.4) is 0 Å².